The van der Waals surface area contributed by atoms with Crippen molar-refractivity contribution in [1.29, 1.82) is 0 Å². The molecule has 1 rings (SSSR count). The van der Waals surface area contributed by atoms with Crippen molar-refractivity contribution >= 4 is 9.84 Å². The maximum atomic E-state index is 11.1. The van der Waals surface area contributed by atoms with Crippen LogP contribution in [0.1, 0.15) is 6.92 Å². The van der Waals surface area contributed by atoms with E-state index >= 15 is 0 Å². The summed E-state index contributed by atoms with van der Waals surface area (Å²) in [4.78, 5) is 1.89. The Morgan fingerprint density at radius 3 is 2.29 bits per heavy atom. The van der Waals surface area contributed by atoms with Crippen LogP contribution in [-0.2, 0) is 9.84 Å². The van der Waals surface area contributed by atoms with Crippen LogP contribution < -0.4 is 0 Å². The topological polar surface area (TPSA) is 77.8 Å². The van der Waals surface area contributed by atoms with E-state index in [1.54, 1.807) is 6.92 Å². The third-order valence-electron chi connectivity index (χ3n) is 2.70. The molecule has 6 heteroatoms. The summed E-state index contributed by atoms with van der Waals surface area (Å²) < 4.78 is 22.2. The Morgan fingerprint density at radius 1 is 1.36 bits per heavy atom. The third kappa shape index (κ3) is 2.91. The summed E-state index contributed by atoms with van der Waals surface area (Å²) in [5.41, 5.74) is 0. The summed E-state index contributed by atoms with van der Waals surface area (Å²) in [7, 11) is -2.87. The van der Waals surface area contributed by atoms with Gasteiger partial charge in [0.1, 0.15) is 0 Å². The minimum absolute atomic E-state index is 0.148. The highest BCUT2D eigenvalue weighted by molar-refractivity contribution is 7.91. The minimum Gasteiger partial charge on any atom is -0.394 e. The second-order valence-electron chi connectivity index (χ2n) is 3.68. The predicted octanol–water partition coefficient (Wildman–Crippen LogP) is -1.54. The van der Waals surface area contributed by atoms with Crippen molar-refractivity contribution < 1.29 is 18.6 Å². The Morgan fingerprint density at radius 2 is 1.86 bits per heavy atom. The molecule has 5 nitrogen and oxygen atoms in total. The number of aliphatic hydroxyl groups excluding tert-OH is 2. The first kappa shape index (κ1) is 11.9. The number of rotatable bonds is 3. The normalized spacial score (nSPS) is 27.1. The van der Waals surface area contributed by atoms with Crippen LogP contribution in [0.5, 0.6) is 0 Å². The number of sulfone groups is 1. The summed E-state index contributed by atoms with van der Waals surface area (Å²) in [5.74, 6) is 0.297. The molecule has 0 spiro atoms. The van der Waals surface area contributed by atoms with Crippen molar-refractivity contribution in [2.24, 2.45) is 0 Å². The fourth-order valence-corrected chi connectivity index (χ4v) is 2.76. The molecule has 1 aliphatic heterocycles. The van der Waals surface area contributed by atoms with Gasteiger partial charge in [-0.3, -0.25) is 4.90 Å². The fourth-order valence-electron chi connectivity index (χ4n) is 1.53. The molecule has 0 aromatic carbocycles. The van der Waals surface area contributed by atoms with Gasteiger partial charge in [0, 0.05) is 19.1 Å². The second kappa shape index (κ2) is 4.57. The van der Waals surface area contributed by atoms with Crippen LogP contribution in [0.4, 0.5) is 0 Å². The molecule has 2 unspecified atom stereocenters. The summed E-state index contributed by atoms with van der Waals surface area (Å²) in [6, 6.07) is -0.185. The first-order valence-corrected chi connectivity index (χ1v) is 6.52. The van der Waals surface area contributed by atoms with Gasteiger partial charge < -0.3 is 10.2 Å². The predicted molar refractivity (Wildman–Crippen MR) is 52.8 cm³/mol. The molecule has 84 valence electrons. The van der Waals surface area contributed by atoms with Gasteiger partial charge in [-0.2, -0.15) is 0 Å². The van der Waals surface area contributed by atoms with Gasteiger partial charge in [0.15, 0.2) is 9.84 Å². The molecule has 0 saturated carbocycles. The Kier molecular flexibility index (Phi) is 3.88. The van der Waals surface area contributed by atoms with E-state index in [4.69, 9.17) is 5.11 Å². The molecular formula is C8H17NO4S. The van der Waals surface area contributed by atoms with Gasteiger partial charge in [-0.15, -0.1) is 0 Å². The molecule has 2 N–H and O–H groups in total. The maximum absolute atomic E-state index is 11.1. The molecule has 1 fully saturated rings. The van der Waals surface area contributed by atoms with Gasteiger partial charge >= 0.3 is 0 Å². The highest BCUT2D eigenvalue weighted by Crippen LogP contribution is 2.10. The largest absolute Gasteiger partial charge is 0.394 e. The van der Waals surface area contributed by atoms with Crippen molar-refractivity contribution in [2.75, 3.05) is 31.2 Å². The monoisotopic (exact) mass is 223 g/mol. The van der Waals surface area contributed by atoms with E-state index in [0.717, 1.165) is 0 Å². The summed E-state index contributed by atoms with van der Waals surface area (Å²) >= 11 is 0. The summed E-state index contributed by atoms with van der Waals surface area (Å²) in [6.07, 6.45) is -0.796. The molecule has 0 aliphatic carbocycles. The fraction of sp³-hybridized carbons (Fsp3) is 1.00. The molecule has 0 aromatic rings. The lowest BCUT2D eigenvalue weighted by Gasteiger charge is -2.34. The zero-order chi connectivity index (χ0) is 10.8. The quantitative estimate of drug-likeness (QED) is 0.606. The van der Waals surface area contributed by atoms with Gasteiger partial charge in [0.2, 0.25) is 0 Å². The molecule has 1 heterocycles. The molecule has 0 bridgehead atoms. The maximum Gasteiger partial charge on any atom is 0.152 e. The van der Waals surface area contributed by atoms with Crippen LogP contribution in [0.3, 0.4) is 0 Å². The number of nitrogens with zero attached hydrogens (tertiary/aromatic N) is 1. The van der Waals surface area contributed by atoms with Crippen molar-refractivity contribution in [3.63, 3.8) is 0 Å². The molecule has 2 atom stereocenters. The van der Waals surface area contributed by atoms with E-state index in [9.17, 15) is 13.5 Å². The zero-order valence-electron chi connectivity index (χ0n) is 8.26. The van der Waals surface area contributed by atoms with E-state index in [1.807, 2.05) is 4.90 Å². The molecule has 0 radical (unpaired) electrons. The van der Waals surface area contributed by atoms with Gasteiger partial charge in [-0.05, 0) is 6.92 Å². The van der Waals surface area contributed by atoms with Crippen molar-refractivity contribution in [2.45, 2.75) is 19.1 Å². The van der Waals surface area contributed by atoms with Crippen LogP contribution in [0.2, 0.25) is 0 Å². The molecule has 1 saturated heterocycles. The first-order valence-electron chi connectivity index (χ1n) is 4.69. The van der Waals surface area contributed by atoms with Crippen LogP contribution in [0, 0.1) is 0 Å². The molecule has 0 aromatic heterocycles. The van der Waals surface area contributed by atoms with Crippen molar-refractivity contribution in [1.82, 2.24) is 4.90 Å². The number of hydrogen-bond donors (Lipinski definition) is 2. The Hall–Kier alpha value is -0.170. The van der Waals surface area contributed by atoms with Crippen molar-refractivity contribution in [3.8, 4) is 0 Å². The molecule has 1 aliphatic rings. The minimum atomic E-state index is -2.87. The summed E-state index contributed by atoms with van der Waals surface area (Å²) in [5, 5.41) is 18.1. The van der Waals surface area contributed by atoms with Crippen LogP contribution in [0.15, 0.2) is 0 Å². The smallest absolute Gasteiger partial charge is 0.152 e. The first-order chi connectivity index (χ1) is 6.46. The highest BCUT2D eigenvalue weighted by Gasteiger charge is 2.27. The Labute approximate surface area is 84.3 Å². The lowest BCUT2D eigenvalue weighted by Crippen LogP contribution is -2.50. The summed E-state index contributed by atoms with van der Waals surface area (Å²) in [6.45, 7) is 2.39. The highest BCUT2D eigenvalue weighted by atomic mass is 32.2. The van der Waals surface area contributed by atoms with Crippen LogP contribution in [-0.4, -0.2) is 66.9 Å². The Balaban J connectivity index is 2.49. The van der Waals surface area contributed by atoms with E-state index in [1.165, 1.54) is 0 Å². The SMILES string of the molecule is CC(C(O)CO)N1CCS(=O)(=O)CC1. The number of aliphatic hydroxyl groups is 2. The van der Waals surface area contributed by atoms with E-state index in [-0.39, 0.29) is 24.2 Å². The van der Waals surface area contributed by atoms with Crippen LogP contribution >= 0.6 is 0 Å². The van der Waals surface area contributed by atoms with E-state index in [2.05, 4.69) is 0 Å². The average Bonchev–Trinajstić information content (AvgIpc) is 2.15. The Bertz CT molecular complexity index is 263. The molecular weight excluding hydrogens is 206 g/mol. The standard InChI is InChI=1S/C8H17NO4S/c1-7(8(11)6-10)9-2-4-14(12,13)5-3-9/h7-8,10-11H,2-6H2,1H3. The van der Waals surface area contributed by atoms with Crippen LogP contribution in [0.25, 0.3) is 0 Å². The van der Waals surface area contributed by atoms with Gasteiger partial charge in [-0.25, -0.2) is 8.42 Å². The zero-order valence-corrected chi connectivity index (χ0v) is 9.07. The molecule has 0 amide bonds. The van der Waals surface area contributed by atoms with E-state index < -0.39 is 15.9 Å². The van der Waals surface area contributed by atoms with Gasteiger partial charge in [-0.1, -0.05) is 0 Å². The lowest BCUT2D eigenvalue weighted by molar-refractivity contribution is 0.0213. The second-order valence-corrected chi connectivity index (χ2v) is 5.98. The third-order valence-corrected chi connectivity index (χ3v) is 4.31. The lowest BCUT2D eigenvalue weighted by atomic mass is 10.1. The molecule has 14 heavy (non-hydrogen) atoms. The van der Waals surface area contributed by atoms with Gasteiger partial charge in [0.25, 0.3) is 0 Å². The van der Waals surface area contributed by atoms with E-state index in [0.29, 0.717) is 13.1 Å². The average molecular weight is 223 g/mol. The number of hydrogen-bond acceptors (Lipinski definition) is 5. The van der Waals surface area contributed by atoms with Gasteiger partial charge in [0.05, 0.1) is 24.2 Å². The van der Waals surface area contributed by atoms with Crippen molar-refractivity contribution in [3.05, 3.63) is 0 Å².